The fraction of sp³-hybridized carbons (Fsp3) is 0.294. The first kappa shape index (κ1) is 16.5. The van der Waals surface area contributed by atoms with Crippen molar-refractivity contribution in [2.45, 2.75) is 19.9 Å². The quantitative estimate of drug-likeness (QED) is 0.725. The molecule has 4 heteroatoms. The molecule has 21 heavy (non-hydrogen) atoms. The average molecular weight is 413 g/mol. The standard InChI is InChI=1S/C17H19Br2NO/c1-4-21-13-6-8-15(16(19)10-13)17(20-3)14-7-5-12(18)9-11(14)2/h5-10,17,20H,4H2,1-3H3. The van der Waals surface area contributed by atoms with Crippen molar-refractivity contribution in [2.75, 3.05) is 13.7 Å². The van der Waals surface area contributed by atoms with Gasteiger partial charge in [-0.15, -0.1) is 0 Å². The Morgan fingerprint density at radius 1 is 1.10 bits per heavy atom. The predicted octanol–water partition coefficient (Wildman–Crippen LogP) is 5.23. The van der Waals surface area contributed by atoms with E-state index < -0.39 is 0 Å². The van der Waals surface area contributed by atoms with Crippen molar-refractivity contribution in [3.05, 3.63) is 62.0 Å². The van der Waals surface area contributed by atoms with Gasteiger partial charge in [0.2, 0.25) is 0 Å². The fourth-order valence-electron chi connectivity index (χ4n) is 2.44. The van der Waals surface area contributed by atoms with Crippen LogP contribution in [0.4, 0.5) is 0 Å². The lowest BCUT2D eigenvalue weighted by molar-refractivity contribution is 0.340. The maximum atomic E-state index is 5.54. The molecule has 2 aromatic rings. The van der Waals surface area contributed by atoms with E-state index in [1.807, 2.05) is 26.1 Å². The zero-order chi connectivity index (χ0) is 15.4. The lowest BCUT2D eigenvalue weighted by Gasteiger charge is -2.21. The van der Waals surface area contributed by atoms with E-state index in [-0.39, 0.29) is 6.04 Å². The van der Waals surface area contributed by atoms with Crippen LogP contribution in [0.15, 0.2) is 45.3 Å². The lowest BCUT2D eigenvalue weighted by atomic mass is 9.95. The number of hydrogen-bond donors (Lipinski definition) is 1. The molecule has 0 saturated carbocycles. The first-order chi connectivity index (χ1) is 10.1. The smallest absolute Gasteiger partial charge is 0.120 e. The Morgan fingerprint density at radius 2 is 1.81 bits per heavy atom. The molecule has 0 aliphatic rings. The largest absolute Gasteiger partial charge is 0.494 e. The molecule has 0 spiro atoms. The van der Waals surface area contributed by atoms with Gasteiger partial charge in [-0.2, -0.15) is 0 Å². The summed E-state index contributed by atoms with van der Waals surface area (Å²) < 4.78 is 7.70. The van der Waals surface area contributed by atoms with Gasteiger partial charge in [0.15, 0.2) is 0 Å². The Kier molecular flexibility index (Phi) is 5.85. The van der Waals surface area contributed by atoms with Crippen molar-refractivity contribution in [2.24, 2.45) is 0 Å². The highest BCUT2D eigenvalue weighted by molar-refractivity contribution is 9.10. The van der Waals surface area contributed by atoms with Crippen LogP contribution in [-0.4, -0.2) is 13.7 Å². The van der Waals surface area contributed by atoms with Gasteiger partial charge in [-0.25, -0.2) is 0 Å². The fourth-order valence-corrected chi connectivity index (χ4v) is 3.50. The minimum atomic E-state index is 0.142. The highest BCUT2D eigenvalue weighted by atomic mass is 79.9. The highest BCUT2D eigenvalue weighted by Gasteiger charge is 2.17. The van der Waals surface area contributed by atoms with E-state index in [0.717, 1.165) is 14.7 Å². The minimum absolute atomic E-state index is 0.142. The van der Waals surface area contributed by atoms with Gasteiger partial charge in [-0.1, -0.05) is 44.0 Å². The number of benzene rings is 2. The first-order valence-electron chi connectivity index (χ1n) is 6.92. The van der Waals surface area contributed by atoms with E-state index in [9.17, 15) is 0 Å². The van der Waals surface area contributed by atoms with Gasteiger partial charge in [0, 0.05) is 8.95 Å². The van der Waals surface area contributed by atoms with E-state index in [4.69, 9.17) is 4.74 Å². The van der Waals surface area contributed by atoms with Gasteiger partial charge in [0.25, 0.3) is 0 Å². The normalized spacial score (nSPS) is 12.2. The Morgan fingerprint density at radius 3 is 2.38 bits per heavy atom. The second kappa shape index (κ2) is 7.43. The summed E-state index contributed by atoms with van der Waals surface area (Å²) in [5, 5.41) is 3.40. The summed E-state index contributed by atoms with van der Waals surface area (Å²) in [6, 6.07) is 12.7. The molecule has 112 valence electrons. The molecular formula is C17H19Br2NO. The van der Waals surface area contributed by atoms with E-state index in [0.29, 0.717) is 6.61 Å². The van der Waals surface area contributed by atoms with Crippen LogP contribution in [0.2, 0.25) is 0 Å². The van der Waals surface area contributed by atoms with E-state index in [1.165, 1.54) is 16.7 Å². The second-order valence-electron chi connectivity index (χ2n) is 4.84. The molecule has 1 unspecified atom stereocenters. The summed E-state index contributed by atoms with van der Waals surface area (Å²) in [6.07, 6.45) is 0. The van der Waals surface area contributed by atoms with Crippen molar-refractivity contribution in [3.8, 4) is 5.75 Å². The van der Waals surface area contributed by atoms with Crippen molar-refractivity contribution < 1.29 is 4.74 Å². The number of nitrogens with one attached hydrogen (secondary N) is 1. The number of ether oxygens (including phenoxy) is 1. The Hall–Kier alpha value is -0.840. The monoisotopic (exact) mass is 411 g/mol. The van der Waals surface area contributed by atoms with Crippen LogP contribution in [-0.2, 0) is 0 Å². The van der Waals surface area contributed by atoms with E-state index in [1.54, 1.807) is 0 Å². The van der Waals surface area contributed by atoms with Crippen LogP contribution < -0.4 is 10.1 Å². The number of aryl methyl sites for hydroxylation is 1. The number of hydrogen-bond acceptors (Lipinski definition) is 2. The predicted molar refractivity (Wildman–Crippen MR) is 95.1 cm³/mol. The molecule has 0 saturated heterocycles. The molecule has 0 aromatic heterocycles. The van der Waals surface area contributed by atoms with Crippen molar-refractivity contribution in [1.29, 1.82) is 0 Å². The Balaban J connectivity index is 2.41. The third-order valence-electron chi connectivity index (χ3n) is 3.43. The third-order valence-corrected chi connectivity index (χ3v) is 4.61. The SMILES string of the molecule is CCOc1ccc(C(NC)c2ccc(Br)cc2C)c(Br)c1. The van der Waals surface area contributed by atoms with Crippen molar-refractivity contribution in [3.63, 3.8) is 0 Å². The van der Waals surface area contributed by atoms with Gasteiger partial charge in [0.1, 0.15) is 5.75 Å². The molecule has 0 bridgehead atoms. The molecule has 0 heterocycles. The maximum absolute atomic E-state index is 5.54. The van der Waals surface area contributed by atoms with Crippen LogP contribution in [0.3, 0.4) is 0 Å². The summed E-state index contributed by atoms with van der Waals surface area (Å²) in [5.41, 5.74) is 3.72. The summed E-state index contributed by atoms with van der Waals surface area (Å²) in [4.78, 5) is 0. The van der Waals surface area contributed by atoms with Crippen LogP contribution in [0.1, 0.15) is 29.7 Å². The van der Waals surface area contributed by atoms with Crippen LogP contribution in [0, 0.1) is 6.92 Å². The van der Waals surface area contributed by atoms with Gasteiger partial charge < -0.3 is 10.1 Å². The van der Waals surface area contributed by atoms with Gasteiger partial charge in [-0.05, 0) is 61.9 Å². The van der Waals surface area contributed by atoms with Crippen LogP contribution >= 0.6 is 31.9 Å². The van der Waals surface area contributed by atoms with Gasteiger partial charge in [-0.3, -0.25) is 0 Å². The van der Waals surface area contributed by atoms with E-state index in [2.05, 4.69) is 68.4 Å². The van der Waals surface area contributed by atoms with Gasteiger partial charge in [0.05, 0.1) is 12.6 Å². The number of rotatable bonds is 5. The zero-order valence-electron chi connectivity index (χ0n) is 12.4. The Labute approximate surface area is 143 Å². The molecular weight excluding hydrogens is 394 g/mol. The topological polar surface area (TPSA) is 21.3 Å². The summed E-state index contributed by atoms with van der Waals surface area (Å²) >= 11 is 7.18. The van der Waals surface area contributed by atoms with Crippen LogP contribution in [0.5, 0.6) is 5.75 Å². The molecule has 0 aliphatic carbocycles. The molecule has 2 aromatic carbocycles. The van der Waals surface area contributed by atoms with Crippen molar-refractivity contribution >= 4 is 31.9 Å². The summed E-state index contributed by atoms with van der Waals surface area (Å²) in [5.74, 6) is 0.885. The molecule has 0 amide bonds. The molecule has 2 nitrogen and oxygen atoms in total. The van der Waals surface area contributed by atoms with E-state index >= 15 is 0 Å². The first-order valence-corrected chi connectivity index (χ1v) is 8.51. The zero-order valence-corrected chi connectivity index (χ0v) is 15.6. The molecule has 0 aliphatic heterocycles. The summed E-state index contributed by atoms with van der Waals surface area (Å²) in [7, 11) is 1.98. The molecule has 0 fully saturated rings. The maximum Gasteiger partial charge on any atom is 0.120 e. The highest BCUT2D eigenvalue weighted by Crippen LogP contribution is 2.33. The van der Waals surface area contributed by atoms with Crippen LogP contribution in [0.25, 0.3) is 0 Å². The van der Waals surface area contributed by atoms with Gasteiger partial charge >= 0.3 is 0 Å². The average Bonchev–Trinajstić information content (AvgIpc) is 2.44. The molecule has 1 atom stereocenters. The van der Waals surface area contributed by atoms with Crippen molar-refractivity contribution in [1.82, 2.24) is 5.32 Å². The lowest BCUT2D eigenvalue weighted by Crippen LogP contribution is -2.19. The second-order valence-corrected chi connectivity index (χ2v) is 6.61. The Bertz CT molecular complexity index is 628. The third kappa shape index (κ3) is 3.87. The minimum Gasteiger partial charge on any atom is -0.494 e. The molecule has 1 N–H and O–H groups in total. The molecule has 2 rings (SSSR count). The molecule has 0 radical (unpaired) electrons. The summed E-state index contributed by atoms with van der Waals surface area (Å²) in [6.45, 7) is 4.80. The number of halogens is 2.